The lowest BCUT2D eigenvalue weighted by Gasteiger charge is -2.16. The van der Waals surface area contributed by atoms with Gasteiger partial charge < -0.3 is 49.7 Å². The lowest BCUT2D eigenvalue weighted by molar-refractivity contribution is -0.126. The van der Waals surface area contributed by atoms with Gasteiger partial charge in [-0.05, 0) is 35.7 Å². The van der Waals surface area contributed by atoms with Crippen LogP contribution >= 0.6 is 21.6 Å². The fourth-order valence-electron chi connectivity index (χ4n) is 6.91. The van der Waals surface area contributed by atoms with Crippen LogP contribution in [-0.2, 0) is 53.4 Å². The average molecular weight is 985 g/mol. The molecule has 16 heteroatoms. The molecule has 0 aliphatic rings. The standard InChI is InChI=1S/C51H92N4O10S2/c1-43(2)12-9-13-44(3)14-10-15-45(4)16-11-17-46(5)24-25-52-48(56)20-21-49(57)53-26-29-60-32-35-63-36-33-61-30-27-54-50(58)22-23-51(59)55-28-31-62-34-37-64-38-39-65-40-41-66-67-42-47-18-7-6-8-19-47/h6-8,18-19,43-46H,9-17,20-42H2,1-5H3,(H,52,56)(H,53,57)(H,54,58)(H,55,59). The van der Waals surface area contributed by atoms with Gasteiger partial charge in [-0.3, -0.25) is 19.2 Å². The number of carbonyl (C=O) groups is 4. The summed E-state index contributed by atoms with van der Waals surface area (Å²) in [6.07, 6.45) is 13.3. The van der Waals surface area contributed by atoms with Gasteiger partial charge in [-0.2, -0.15) is 0 Å². The van der Waals surface area contributed by atoms with E-state index in [1.54, 1.807) is 10.8 Å². The molecule has 1 rings (SSSR count). The minimum atomic E-state index is -0.216. The van der Waals surface area contributed by atoms with Gasteiger partial charge in [-0.15, -0.1) is 0 Å². The number of benzene rings is 1. The van der Waals surface area contributed by atoms with Crippen molar-refractivity contribution in [1.29, 1.82) is 0 Å². The molecule has 67 heavy (non-hydrogen) atoms. The molecule has 1 aromatic rings. The van der Waals surface area contributed by atoms with Crippen LogP contribution in [0.5, 0.6) is 0 Å². The smallest absolute Gasteiger partial charge is 0.220 e. The number of nitrogens with one attached hydrogen (secondary N) is 4. The van der Waals surface area contributed by atoms with Crippen LogP contribution < -0.4 is 21.3 Å². The summed E-state index contributed by atoms with van der Waals surface area (Å²) in [5.74, 6) is 4.26. The molecule has 388 valence electrons. The Balaban J connectivity index is 1.80. The summed E-state index contributed by atoms with van der Waals surface area (Å²) in [6.45, 7) is 18.6. The Morgan fingerprint density at radius 1 is 0.418 bits per heavy atom. The maximum absolute atomic E-state index is 12.2. The van der Waals surface area contributed by atoms with E-state index in [0.29, 0.717) is 111 Å². The van der Waals surface area contributed by atoms with Crippen LogP contribution in [0.1, 0.15) is 130 Å². The first kappa shape index (κ1) is 62.6. The minimum absolute atomic E-state index is 0.0853. The highest BCUT2D eigenvalue weighted by molar-refractivity contribution is 8.76. The maximum atomic E-state index is 12.2. The van der Waals surface area contributed by atoms with Crippen LogP contribution in [0, 0.1) is 23.7 Å². The van der Waals surface area contributed by atoms with Gasteiger partial charge >= 0.3 is 0 Å². The second-order valence-corrected chi connectivity index (χ2v) is 20.5. The number of amides is 4. The summed E-state index contributed by atoms with van der Waals surface area (Å²) in [7, 11) is 3.64. The van der Waals surface area contributed by atoms with Crippen molar-refractivity contribution in [3.8, 4) is 0 Å². The van der Waals surface area contributed by atoms with Crippen molar-refractivity contribution < 1.29 is 47.6 Å². The van der Waals surface area contributed by atoms with Crippen LogP contribution in [-0.4, -0.2) is 135 Å². The molecule has 3 atom stereocenters. The first-order valence-corrected chi connectivity index (χ1v) is 27.8. The Morgan fingerprint density at radius 2 is 0.761 bits per heavy atom. The van der Waals surface area contributed by atoms with Gasteiger partial charge in [-0.1, -0.05) is 144 Å². The molecule has 0 fully saturated rings. The molecule has 3 unspecified atom stereocenters. The topological polar surface area (TPSA) is 172 Å². The lowest BCUT2D eigenvalue weighted by Crippen LogP contribution is -2.31. The fourth-order valence-corrected chi connectivity index (χ4v) is 8.84. The molecule has 1 aromatic carbocycles. The molecule has 0 radical (unpaired) electrons. The van der Waals surface area contributed by atoms with Crippen molar-refractivity contribution >= 4 is 45.2 Å². The van der Waals surface area contributed by atoms with E-state index in [2.05, 4.69) is 80.2 Å². The van der Waals surface area contributed by atoms with Crippen LogP contribution in [0.2, 0.25) is 0 Å². The van der Waals surface area contributed by atoms with Crippen LogP contribution in [0.4, 0.5) is 0 Å². The van der Waals surface area contributed by atoms with Crippen molar-refractivity contribution in [3.05, 3.63) is 35.9 Å². The number of hydrogen-bond donors (Lipinski definition) is 4. The van der Waals surface area contributed by atoms with Crippen molar-refractivity contribution in [1.82, 2.24) is 21.3 Å². The molecular formula is C51H92N4O10S2. The van der Waals surface area contributed by atoms with Gasteiger partial charge in [0.1, 0.15) is 0 Å². The van der Waals surface area contributed by atoms with E-state index in [1.165, 1.54) is 63.4 Å². The van der Waals surface area contributed by atoms with E-state index >= 15 is 0 Å². The van der Waals surface area contributed by atoms with E-state index < -0.39 is 0 Å². The van der Waals surface area contributed by atoms with Crippen LogP contribution in [0.3, 0.4) is 0 Å². The third-order valence-corrected chi connectivity index (χ3v) is 13.3. The molecule has 0 saturated heterocycles. The molecule has 0 aliphatic heterocycles. The predicted octanol–water partition coefficient (Wildman–Crippen LogP) is 8.16. The Hall–Kier alpha value is -2.44. The van der Waals surface area contributed by atoms with E-state index in [-0.39, 0.29) is 49.3 Å². The maximum Gasteiger partial charge on any atom is 0.220 e. The third kappa shape index (κ3) is 44.5. The highest BCUT2D eigenvalue weighted by atomic mass is 33.1. The molecule has 14 nitrogen and oxygen atoms in total. The Labute approximate surface area is 413 Å². The van der Waals surface area contributed by atoms with Crippen molar-refractivity contribution in [2.24, 2.45) is 23.7 Å². The molecule has 0 bridgehead atoms. The summed E-state index contributed by atoms with van der Waals surface area (Å²) >= 11 is 0. The molecule has 4 amide bonds. The highest BCUT2D eigenvalue weighted by Gasteiger charge is 2.11. The predicted molar refractivity (Wildman–Crippen MR) is 274 cm³/mol. The van der Waals surface area contributed by atoms with E-state index in [1.807, 2.05) is 16.9 Å². The number of ether oxygens (including phenoxy) is 6. The highest BCUT2D eigenvalue weighted by Crippen LogP contribution is 2.25. The SMILES string of the molecule is CC(C)CCCC(C)CCCC(C)CCCC(C)CCNC(=O)CCC(=O)NCCOCCOCCOCCNC(=O)CCC(=O)NCCOCCOCCOCCSSCc1ccccc1. The third-order valence-electron chi connectivity index (χ3n) is 11.0. The minimum Gasteiger partial charge on any atom is -0.378 e. The first-order chi connectivity index (χ1) is 32.5. The molecular weight excluding hydrogens is 893 g/mol. The van der Waals surface area contributed by atoms with Crippen molar-refractivity contribution in [2.75, 3.05) is 111 Å². The van der Waals surface area contributed by atoms with Gasteiger partial charge in [0.25, 0.3) is 0 Å². The Morgan fingerprint density at radius 3 is 1.16 bits per heavy atom. The van der Waals surface area contributed by atoms with Gasteiger partial charge in [0.15, 0.2) is 0 Å². The molecule has 4 N–H and O–H groups in total. The normalized spacial score (nSPS) is 12.7. The largest absolute Gasteiger partial charge is 0.378 e. The Bertz CT molecular complexity index is 1340. The molecule has 0 aliphatic carbocycles. The fraction of sp³-hybridized carbons (Fsp3) is 0.804. The van der Waals surface area contributed by atoms with Gasteiger partial charge in [0, 0.05) is 63.4 Å². The summed E-state index contributed by atoms with van der Waals surface area (Å²) in [4.78, 5) is 48.5. The average Bonchev–Trinajstić information content (AvgIpc) is 3.30. The summed E-state index contributed by atoms with van der Waals surface area (Å²) in [5, 5.41) is 11.2. The van der Waals surface area contributed by atoms with Gasteiger partial charge in [0.05, 0.1) is 79.3 Å². The molecule has 0 heterocycles. The van der Waals surface area contributed by atoms with Crippen molar-refractivity contribution in [3.63, 3.8) is 0 Å². The zero-order valence-electron chi connectivity index (χ0n) is 42.2. The molecule has 0 saturated carbocycles. The van der Waals surface area contributed by atoms with E-state index in [9.17, 15) is 19.2 Å². The monoisotopic (exact) mass is 985 g/mol. The second kappa shape index (κ2) is 46.0. The summed E-state index contributed by atoms with van der Waals surface area (Å²) in [6, 6.07) is 10.4. The lowest BCUT2D eigenvalue weighted by atomic mass is 9.91. The number of rotatable bonds is 48. The Kier molecular flexibility index (Phi) is 42.9. The van der Waals surface area contributed by atoms with E-state index in [0.717, 1.165) is 35.7 Å². The van der Waals surface area contributed by atoms with Gasteiger partial charge in [-0.25, -0.2) is 0 Å². The summed E-state index contributed by atoms with van der Waals surface area (Å²) < 4.78 is 33.1. The van der Waals surface area contributed by atoms with Crippen LogP contribution in [0.25, 0.3) is 0 Å². The van der Waals surface area contributed by atoms with E-state index in [4.69, 9.17) is 28.4 Å². The van der Waals surface area contributed by atoms with Crippen LogP contribution in [0.15, 0.2) is 30.3 Å². The number of hydrogen-bond acceptors (Lipinski definition) is 12. The first-order valence-electron chi connectivity index (χ1n) is 25.4. The summed E-state index contributed by atoms with van der Waals surface area (Å²) in [5.41, 5.74) is 1.32. The quantitative estimate of drug-likeness (QED) is 0.0366. The zero-order chi connectivity index (χ0) is 48.8. The molecule has 0 spiro atoms. The second-order valence-electron chi connectivity index (χ2n) is 17.9. The molecule has 0 aromatic heterocycles. The van der Waals surface area contributed by atoms with Crippen molar-refractivity contribution in [2.45, 2.75) is 130 Å². The number of carbonyl (C=O) groups excluding carboxylic acids is 4. The zero-order valence-corrected chi connectivity index (χ0v) is 43.9. The van der Waals surface area contributed by atoms with Gasteiger partial charge in [0.2, 0.25) is 23.6 Å².